The normalized spacial score (nSPS) is 28.9. The summed E-state index contributed by atoms with van der Waals surface area (Å²) >= 11 is 0. The molecule has 3 aliphatic rings. The van der Waals surface area contributed by atoms with Crippen LogP contribution in [0.25, 0.3) is 10.8 Å². The number of aliphatic carboxylic acids is 1. The zero-order chi connectivity index (χ0) is 28.1. The summed E-state index contributed by atoms with van der Waals surface area (Å²) in [6.45, 7) is 2.03. The SMILES string of the molecule is CC[C@@H](c1ccc2c(C(F)(F)F)c(O[C@H]3CC[C@@H](C(F)(F)F)CC3)ccc2c1)N1C2CCC1CC(C(=O)O)C2. The Morgan fingerprint density at radius 1 is 0.974 bits per heavy atom. The van der Waals surface area contributed by atoms with E-state index < -0.39 is 35.9 Å². The number of ether oxygens (including phenoxy) is 1. The second-order valence-corrected chi connectivity index (χ2v) is 11.3. The van der Waals surface area contributed by atoms with E-state index in [2.05, 4.69) is 4.90 Å². The Balaban J connectivity index is 1.41. The van der Waals surface area contributed by atoms with Gasteiger partial charge in [0.25, 0.3) is 0 Å². The minimum atomic E-state index is -4.71. The molecule has 39 heavy (non-hydrogen) atoms. The summed E-state index contributed by atoms with van der Waals surface area (Å²) in [5, 5.41) is 9.93. The van der Waals surface area contributed by atoms with Crippen LogP contribution in [0.1, 0.15) is 81.9 Å². The number of hydrogen-bond acceptors (Lipinski definition) is 3. The van der Waals surface area contributed by atoms with Gasteiger partial charge in [-0.25, -0.2) is 0 Å². The number of fused-ring (bicyclic) bond motifs is 3. The first-order chi connectivity index (χ1) is 18.4. The van der Waals surface area contributed by atoms with Crippen LogP contribution in [0.3, 0.4) is 0 Å². The average Bonchev–Trinajstić information content (AvgIpc) is 3.11. The fraction of sp³-hybridized carbons (Fsp3) is 0.621. The minimum Gasteiger partial charge on any atom is -0.490 e. The molecule has 214 valence electrons. The highest BCUT2D eigenvalue weighted by atomic mass is 19.4. The summed E-state index contributed by atoms with van der Waals surface area (Å²) in [7, 11) is 0. The van der Waals surface area contributed by atoms with Gasteiger partial charge in [0.1, 0.15) is 11.3 Å². The molecule has 2 bridgehead atoms. The van der Waals surface area contributed by atoms with Crippen molar-refractivity contribution in [1.29, 1.82) is 0 Å². The van der Waals surface area contributed by atoms with Gasteiger partial charge in [-0.15, -0.1) is 0 Å². The van der Waals surface area contributed by atoms with Crippen LogP contribution in [0.2, 0.25) is 0 Å². The second-order valence-electron chi connectivity index (χ2n) is 11.3. The van der Waals surface area contributed by atoms with E-state index in [1.165, 1.54) is 12.1 Å². The summed E-state index contributed by atoms with van der Waals surface area (Å²) in [4.78, 5) is 14.0. The molecule has 5 rings (SSSR count). The number of halogens is 6. The van der Waals surface area contributed by atoms with Crippen LogP contribution in [0.4, 0.5) is 26.3 Å². The third-order valence-corrected chi connectivity index (χ3v) is 8.99. The number of alkyl halides is 6. The van der Waals surface area contributed by atoms with E-state index in [1.54, 1.807) is 18.2 Å². The Labute approximate surface area is 223 Å². The van der Waals surface area contributed by atoms with Crippen molar-refractivity contribution in [3.8, 4) is 5.75 Å². The molecule has 1 aliphatic carbocycles. The van der Waals surface area contributed by atoms with Crippen molar-refractivity contribution in [2.45, 2.75) is 101 Å². The third-order valence-electron chi connectivity index (χ3n) is 8.99. The molecule has 4 nitrogen and oxygen atoms in total. The highest BCUT2D eigenvalue weighted by Crippen LogP contribution is 2.47. The number of rotatable bonds is 6. The number of carbonyl (C=O) groups is 1. The average molecular weight is 558 g/mol. The number of carboxylic acid groups (broad SMARTS) is 1. The molecule has 3 atom stereocenters. The molecule has 1 N–H and O–H groups in total. The number of hydrogen-bond donors (Lipinski definition) is 1. The van der Waals surface area contributed by atoms with Crippen LogP contribution in [0.15, 0.2) is 30.3 Å². The minimum absolute atomic E-state index is 0.00450. The zero-order valence-electron chi connectivity index (χ0n) is 21.7. The van der Waals surface area contributed by atoms with Gasteiger partial charge in [0.2, 0.25) is 0 Å². The van der Waals surface area contributed by atoms with Gasteiger partial charge >= 0.3 is 18.3 Å². The Morgan fingerprint density at radius 2 is 1.62 bits per heavy atom. The summed E-state index contributed by atoms with van der Waals surface area (Å²) < 4.78 is 87.6. The van der Waals surface area contributed by atoms with E-state index in [9.17, 15) is 36.2 Å². The maximum absolute atomic E-state index is 14.3. The van der Waals surface area contributed by atoms with Gasteiger partial charge in [-0.1, -0.05) is 25.1 Å². The van der Waals surface area contributed by atoms with Crippen molar-refractivity contribution in [3.63, 3.8) is 0 Å². The van der Waals surface area contributed by atoms with Gasteiger partial charge in [0.05, 0.1) is 17.9 Å². The van der Waals surface area contributed by atoms with Crippen LogP contribution in [-0.2, 0) is 11.0 Å². The van der Waals surface area contributed by atoms with Crippen molar-refractivity contribution in [3.05, 3.63) is 41.5 Å². The second kappa shape index (κ2) is 10.5. The number of piperidine rings is 1. The smallest absolute Gasteiger partial charge is 0.420 e. The lowest BCUT2D eigenvalue weighted by atomic mass is 9.86. The molecule has 2 aliphatic heterocycles. The van der Waals surface area contributed by atoms with E-state index in [-0.39, 0.29) is 60.9 Å². The predicted octanol–water partition coefficient (Wildman–Crippen LogP) is 8.14. The molecule has 0 radical (unpaired) electrons. The lowest BCUT2D eigenvalue weighted by Crippen LogP contribution is -2.46. The van der Waals surface area contributed by atoms with Crippen molar-refractivity contribution >= 4 is 16.7 Å². The highest BCUT2D eigenvalue weighted by molar-refractivity contribution is 5.89. The van der Waals surface area contributed by atoms with Crippen LogP contribution in [-0.4, -0.2) is 40.3 Å². The zero-order valence-corrected chi connectivity index (χ0v) is 21.7. The molecule has 3 fully saturated rings. The quantitative estimate of drug-likeness (QED) is 0.364. The van der Waals surface area contributed by atoms with Crippen molar-refractivity contribution in [2.24, 2.45) is 11.8 Å². The Hall–Kier alpha value is -2.49. The van der Waals surface area contributed by atoms with Crippen molar-refractivity contribution in [2.75, 3.05) is 0 Å². The highest BCUT2D eigenvalue weighted by Gasteiger charge is 2.46. The number of benzene rings is 2. The van der Waals surface area contributed by atoms with Crippen LogP contribution < -0.4 is 4.74 Å². The first-order valence-corrected chi connectivity index (χ1v) is 13.7. The first kappa shape index (κ1) is 28.1. The largest absolute Gasteiger partial charge is 0.490 e. The molecule has 10 heteroatoms. The van der Waals surface area contributed by atoms with Crippen molar-refractivity contribution in [1.82, 2.24) is 4.90 Å². The van der Waals surface area contributed by atoms with Gasteiger partial charge in [0, 0.05) is 18.1 Å². The molecule has 2 heterocycles. The van der Waals surface area contributed by atoms with Crippen LogP contribution in [0.5, 0.6) is 5.75 Å². The van der Waals surface area contributed by atoms with Gasteiger partial charge < -0.3 is 9.84 Å². The standard InChI is InChI=1S/C29H33F6NO3/c1-2-24(36-20-7-8-21(36)15-18(14-20)27(37)38)17-3-11-23-16(13-17)4-12-25(26(23)29(33,34)35)39-22-9-5-19(6-10-22)28(30,31)32/h3-4,11-13,18-22,24H,2,5-10,14-15H2,1H3,(H,37,38)/t18?,19-,20?,21?,22+,24-/m0/s1. The van der Waals surface area contributed by atoms with E-state index in [0.717, 1.165) is 24.8 Å². The van der Waals surface area contributed by atoms with Gasteiger partial charge in [-0.3, -0.25) is 9.69 Å². The van der Waals surface area contributed by atoms with Crippen LogP contribution >= 0.6 is 0 Å². The molecule has 0 amide bonds. The maximum Gasteiger partial charge on any atom is 0.420 e. The predicted molar refractivity (Wildman–Crippen MR) is 133 cm³/mol. The molecule has 2 unspecified atom stereocenters. The molecule has 2 aromatic rings. The molecular weight excluding hydrogens is 524 g/mol. The fourth-order valence-corrected chi connectivity index (χ4v) is 7.16. The van der Waals surface area contributed by atoms with Crippen molar-refractivity contribution < 1.29 is 41.0 Å². The number of carboxylic acids is 1. The molecule has 2 saturated heterocycles. The lowest BCUT2D eigenvalue weighted by molar-refractivity contribution is -0.185. The van der Waals surface area contributed by atoms with E-state index in [1.807, 2.05) is 6.92 Å². The van der Waals surface area contributed by atoms with Gasteiger partial charge in [0.15, 0.2) is 0 Å². The Bertz CT molecular complexity index is 1190. The van der Waals surface area contributed by atoms with E-state index in [0.29, 0.717) is 18.2 Å². The third kappa shape index (κ3) is 5.58. The van der Waals surface area contributed by atoms with Gasteiger partial charge in [-0.05, 0) is 86.3 Å². The summed E-state index contributed by atoms with van der Waals surface area (Å²) in [6, 6.07) is 8.08. The molecular formula is C29H33F6NO3. The number of nitrogens with zero attached hydrogens (tertiary/aromatic N) is 1. The Morgan fingerprint density at radius 3 is 2.15 bits per heavy atom. The van der Waals surface area contributed by atoms with Crippen LogP contribution in [0, 0.1) is 11.8 Å². The lowest BCUT2D eigenvalue weighted by Gasteiger charge is -2.42. The molecule has 2 aromatic carbocycles. The summed E-state index contributed by atoms with van der Waals surface area (Å²) in [6.07, 6.45) is -6.17. The fourth-order valence-electron chi connectivity index (χ4n) is 7.16. The topological polar surface area (TPSA) is 49.8 Å². The first-order valence-electron chi connectivity index (χ1n) is 13.7. The molecule has 1 saturated carbocycles. The molecule has 0 spiro atoms. The summed E-state index contributed by atoms with van der Waals surface area (Å²) in [5.41, 5.74) is -0.0113. The monoisotopic (exact) mass is 557 g/mol. The Kier molecular flexibility index (Phi) is 7.54. The van der Waals surface area contributed by atoms with E-state index >= 15 is 0 Å². The van der Waals surface area contributed by atoms with Gasteiger partial charge in [-0.2, -0.15) is 26.3 Å². The summed E-state index contributed by atoms with van der Waals surface area (Å²) in [5.74, 6) is -2.91. The maximum atomic E-state index is 14.3. The van der Waals surface area contributed by atoms with E-state index in [4.69, 9.17) is 4.74 Å². The molecule has 0 aromatic heterocycles.